The Bertz CT molecular complexity index is 1080. The standard InChI is InChI=1S/C21H29N7O2/c1-14-5-6-16-13-17(21(29)22-18(16)15(14)2)19(27-9-7-26(3)8-10-27)20-23-24-25-28(20)11-12-30-4/h5-6,13,19H,7-12H2,1-4H3,(H,22,29)/t19-/m0/s1. The summed E-state index contributed by atoms with van der Waals surface area (Å²) in [5, 5.41) is 13.4. The van der Waals surface area contributed by atoms with Crippen LogP contribution in [0.1, 0.15) is 28.6 Å². The molecule has 0 saturated carbocycles. The molecule has 9 heteroatoms. The zero-order valence-electron chi connectivity index (χ0n) is 18.1. The van der Waals surface area contributed by atoms with Crippen LogP contribution in [0.2, 0.25) is 0 Å². The molecule has 1 aromatic carbocycles. The van der Waals surface area contributed by atoms with Gasteiger partial charge >= 0.3 is 0 Å². The smallest absolute Gasteiger partial charge is 0.253 e. The summed E-state index contributed by atoms with van der Waals surface area (Å²) in [4.78, 5) is 21.0. The van der Waals surface area contributed by atoms with E-state index in [-0.39, 0.29) is 11.6 Å². The van der Waals surface area contributed by atoms with Crippen LogP contribution >= 0.6 is 0 Å². The maximum atomic E-state index is 13.3. The number of ether oxygens (including phenoxy) is 1. The second kappa shape index (κ2) is 8.63. The van der Waals surface area contributed by atoms with Gasteiger partial charge in [0.1, 0.15) is 6.04 Å². The van der Waals surface area contributed by atoms with Crippen LogP contribution < -0.4 is 5.56 Å². The maximum absolute atomic E-state index is 13.3. The van der Waals surface area contributed by atoms with Gasteiger partial charge in [-0.05, 0) is 53.9 Å². The van der Waals surface area contributed by atoms with Crippen molar-refractivity contribution in [1.29, 1.82) is 0 Å². The minimum Gasteiger partial charge on any atom is -0.383 e. The highest BCUT2D eigenvalue weighted by molar-refractivity contribution is 5.83. The number of aromatic nitrogens is 5. The summed E-state index contributed by atoms with van der Waals surface area (Å²) in [5.74, 6) is 0.672. The van der Waals surface area contributed by atoms with Gasteiger partial charge in [0.2, 0.25) is 0 Å². The molecular weight excluding hydrogens is 382 g/mol. The van der Waals surface area contributed by atoms with Crippen LogP contribution in [0.3, 0.4) is 0 Å². The first-order valence-electron chi connectivity index (χ1n) is 10.3. The third-order valence-corrected chi connectivity index (χ3v) is 6.09. The van der Waals surface area contributed by atoms with E-state index in [9.17, 15) is 4.79 Å². The summed E-state index contributed by atoms with van der Waals surface area (Å²) in [6, 6.07) is 5.83. The van der Waals surface area contributed by atoms with E-state index in [2.05, 4.69) is 56.4 Å². The Hall–Kier alpha value is -2.62. The van der Waals surface area contributed by atoms with Crippen molar-refractivity contribution in [2.24, 2.45) is 0 Å². The lowest BCUT2D eigenvalue weighted by atomic mass is 10.00. The van der Waals surface area contributed by atoms with Gasteiger partial charge in [-0.1, -0.05) is 12.1 Å². The number of methoxy groups -OCH3 is 1. The van der Waals surface area contributed by atoms with Crippen LogP contribution in [0.25, 0.3) is 10.9 Å². The number of piperazine rings is 1. The predicted molar refractivity (Wildman–Crippen MR) is 115 cm³/mol. The number of benzene rings is 1. The third-order valence-electron chi connectivity index (χ3n) is 6.09. The second-order valence-corrected chi connectivity index (χ2v) is 8.02. The number of aromatic amines is 1. The van der Waals surface area contributed by atoms with Gasteiger partial charge < -0.3 is 14.6 Å². The van der Waals surface area contributed by atoms with Gasteiger partial charge in [0, 0.05) is 38.9 Å². The molecule has 0 amide bonds. The Kier molecular flexibility index (Phi) is 5.94. The summed E-state index contributed by atoms with van der Waals surface area (Å²) in [6.45, 7) is 8.66. The quantitative estimate of drug-likeness (QED) is 0.650. The highest BCUT2D eigenvalue weighted by Gasteiger charge is 2.32. The molecule has 0 aliphatic carbocycles. The van der Waals surface area contributed by atoms with Crippen molar-refractivity contribution in [2.45, 2.75) is 26.4 Å². The average Bonchev–Trinajstić information content (AvgIpc) is 3.20. The highest BCUT2D eigenvalue weighted by Crippen LogP contribution is 2.28. The van der Waals surface area contributed by atoms with E-state index in [1.54, 1.807) is 11.8 Å². The lowest BCUT2D eigenvalue weighted by molar-refractivity contribution is 0.119. The third kappa shape index (κ3) is 3.88. The van der Waals surface area contributed by atoms with Gasteiger partial charge in [0.05, 0.1) is 18.7 Å². The maximum Gasteiger partial charge on any atom is 0.253 e. The molecule has 30 heavy (non-hydrogen) atoms. The molecular formula is C21H29N7O2. The molecule has 1 saturated heterocycles. The fraction of sp³-hybridized carbons (Fsp3) is 0.524. The molecule has 1 N–H and O–H groups in total. The van der Waals surface area contributed by atoms with E-state index in [4.69, 9.17) is 4.74 Å². The number of aryl methyl sites for hydroxylation is 2. The molecule has 160 valence electrons. The van der Waals surface area contributed by atoms with Crippen molar-refractivity contribution in [2.75, 3.05) is 46.9 Å². The Morgan fingerprint density at radius 1 is 1.20 bits per heavy atom. The minimum atomic E-state index is -0.319. The predicted octanol–water partition coefficient (Wildman–Crippen LogP) is 1.11. The largest absolute Gasteiger partial charge is 0.383 e. The summed E-state index contributed by atoms with van der Waals surface area (Å²) in [7, 11) is 3.77. The summed E-state index contributed by atoms with van der Waals surface area (Å²) < 4.78 is 6.96. The second-order valence-electron chi connectivity index (χ2n) is 8.02. The monoisotopic (exact) mass is 411 g/mol. The number of H-pyrrole nitrogens is 1. The van der Waals surface area contributed by atoms with Gasteiger partial charge in [-0.15, -0.1) is 5.10 Å². The van der Waals surface area contributed by atoms with Crippen molar-refractivity contribution in [1.82, 2.24) is 35.0 Å². The first kappa shape index (κ1) is 20.6. The summed E-state index contributed by atoms with van der Waals surface area (Å²) >= 11 is 0. The molecule has 0 spiro atoms. The zero-order chi connectivity index (χ0) is 21.3. The molecule has 1 aliphatic rings. The van der Waals surface area contributed by atoms with Crippen molar-refractivity contribution in [3.05, 3.63) is 51.1 Å². The average molecular weight is 412 g/mol. The fourth-order valence-corrected chi connectivity index (χ4v) is 4.07. The number of fused-ring (bicyclic) bond motifs is 1. The minimum absolute atomic E-state index is 0.0959. The first-order valence-corrected chi connectivity index (χ1v) is 10.3. The van der Waals surface area contributed by atoms with Crippen molar-refractivity contribution in [3.8, 4) is 0 Å². The number of tetrazole rings is 1. The van der Waals surface area contributed by atoms with E-state index < -0.39 is 0 Å². The van der Waals surface area contributed by atoms with Gasteiger partial charge in [-0.25, -0.2) is 4.68 Å². The van der Waals surface area contributed by atoms with E-state index in [0.717, 1.165) is 48.2 Å². The normalized spacial score (nSPS) is 16.9. The molecule has 0 radical (unpaired) electrons. The van der Waals surface area contributed by atoms with Gasteiger partial charge in [-0.3, -0.25) is 9.69 Å². The van der Waals surface area contributed by atoms with E-state index in [1.807, 2.05) is 13.0 Å². The van der Waals surface area contributed by atoms with Crippen LogP contribution in [0.4, 0.5) is 0 Å². The number of hydrogen-bond donors (Lipinski definition) is 1. The van der Waals surface area contributed by atoms with E-state index in [0.29, 0.717) is 24.5 Å². The summed E-state index contributed by atoms with van der Waals surface area (Å²) in [6.07, 6.45) is 0. The molecule has 1 fully saturated rings. The first-order chi connectivity index (χ1) is 14.5. The lowest BCUT2D eigenvalue weighted by Gasteiger charge is -2.37. The molecule has 1 atom stereocenters. The van der Waals surface area contributed by atoms with Crippen molar-refractivity contribution < 1.29 is 4.74 Å². The van der Waals surface area contributed by atoms with Crippen LogP contribution in [0.15, 0.2) is 23.0 Å². The van der Waals surface area contributed by atoms with E-state index in [1.165, 1.54) is 0 Å². The molecule has 4 rings (SSSR count). The Balaban J connectivity index is 1.84. The van der Waals surface area contributed by atoms with Crippen LogP contribution in [0.5, 0.6) is 0 Å². The number of nitrogens with zero attached hydrogens (tertiary/aromatic N) is 6. The van der Waals surface area contributed by atoms with E-state index >= 15 is 0 Å². The van der Waals surface area contributed by atoms with Crippen LogP contribution in [-0.2, 0) is 11.3 Å². The molecule has 2 aromatic heterocycles. The number of pyridine rings is 1. The van der Waals surface area contributed by atoms with Crippen molar-refractivity contribution >= 4 is 10.9 Å². The topological polar surface area (TPSA) is 92.2 Å². The lowest BCUT2D eigenvalue weighted by Crippen LogP contribution is -2.47. The molecule has 0 bridgehead atoms. The Labute approximate surface area is 175 Å². The van der Waals surface area contributed by atoms with Crippen molar-refractivity contribution in [3.63, 3.8) is 0 Å². The Morgan fingerprint density at radius 3 is 2.70 bits per heavy atom. The summed E-state index contributed by atoms with van der Waals surface area (Å²) in [5.41, 5.74) is 3.72. The number of likely N-dealkylation sites (N-methyl/N-ethyl adjacent to an activating group) is 1. The zero-order valence-corrected chi connectivity index (χ0v) is 18.1. The molecule has 9 nitrogen and oxygen atoms in total. The number of hydrogen-bond acceptors (Lipinski definition) is 7. The molecule has 0 unspecified atom stereocenters. The number of nitrogens with one attached hydrogen (secondary N) is 1. The highest BCUT2D eigenvalue weighted by atomic mass is 16.5. The molecule has 3 aromatic rings. The van der Waals surface area contributed by atoms with Gasteiger partial charge in [0.15, 0.2) is 5.82 Å². The Morgan fingerprint density at radius 2 is 1.97 bits per heavy atom. The van der Waals surface area contributed by atoms with Gasteiger partial charge in [0.25, 0.3) is 5.56 Å². The molecule has 1 aliphatic heterocycles. The fourth-order valence-electron chi connectivity index (χ4n) is 4.07. The van der Waals surface area contributed by atoms with Gasteiger partial charge in [-0.2, -0.15) is 0 Å². The van der Waals surface area contributed by atoms with Crippen LogP contribution in [-0.4, -0.2) is 81.9 Å². The molecule has 3 heterocycles. The van der Waals surface area contributed by atoms with Crippen LogP contribution in [0, 0.1) is 13.8 Å². The SMILES string of the molecule is COCCn1nnnc1[C@H](c1cc2ccc(C)c(C)c2[nH]c1=O)N1CCN(C)CC1. The number of rotatable bonds is 6.